The van der Waals surface area contributed by atoms with Crippen molar-refractivity contribution < 1.29 is 17.6 Å². The molecule has 0 spiro atoms. The zero-order valence-corrected chi connectivity index (χ0v) is 17.3. The molecule has 2 aromatic heterocycles. The average Bonchev–Trinajstić information content (AvgIpc) is 3.46. The molecule has 0 radical (unpaired) electrons. The van der Waals surface area contributed by atoms with Gasteiger partial charge in [-0.2, -0.15) is 4.31 Å². The minimum atomic E-state index is -3.72. The van der Waals surface area contributed by atoms with Gasteiger partial charge in [0.25, 0.3) is 0 Å². The van der Waals surface area contributed by atoms with Gasteiger partial charge in [0.15, 0.2) is 0 Å². The molecular weight excluding hydrogens is 408 g/mol. The van der Waals surface area contributed by atoms with Crippen molar-refractivity contribution in [1.29, 1.82) is 0 Å². The fourth-order valence-corrected chi connectivity index (χ4v) is 6.42. The zero-order valence-electron chi connectivity index (χ0n) is 15.7. The molecule has 29 heavy (non-hydrogen) atoms. The molecule has 1 amide bonds. The Bertz CT molecular complexity index is 1120. The predicted octanol–water partition coefficient (Wildman–Crippen LogP) is 3.57. The maximum absolute atomic E-state index is 13.6. The first kappa shape index (κ1) is 18.6. The van der Waals surface area contributed by atoms with E-state index in [0.717, 1.165) is 27.3 Å². The number of aryl methyl sites for hydroxylation is 1. The van der Waals surface area contributed by atoms with E-state index in [1.807, 2.05) is 17.5 Å². The molecule has 0 unspecified atom stereocenters. The zero-order chi connectivity index (χ0) is 20.0. The Balaban J connectivity index is 1.55. The van der Waals surface area contributed by atoms with E-state index in [1.54, 1.807) is 35.6 Å². The van der Waals surface area contributed by atoms with Crippen molar-refractivity contribution in [3.8, 4) is 0 Å². The van der Waals surface area contributed by atoms with Crippen LogP contribution < -0.4 is 4.90 Å². The largest absolute Gasteiger partial charge is 0.472 e. The second kappa shape index (κ2) is 7.12. The van der Waals surface area contributed by atoms with Crippen molar-refractivity contribution in [1.82, 2.24) is 4.31 Å². The number of benzene rings is 1. The fourth-order valence-electron chi connectivity index (χ4n) is 4.11. The van der Waals surface area contributed by atoms with Gasteiger partial charge in [-0.05, 0) is 53.6 Å². The Morgan fingerprint density at radius 1 is 1.10 bits per heavy atom. The number of sulfonamides is 1. The lowest BCUT2D eigenvalue weighted by atomic mass is 10.00. The molecule has 2 aliphatic heterocycles. The lowest BCUT2D eigenvalue weighted by Crippen LogP contribution is -2.33. The van der Waals surface area contributed by atoms with E-state index in [0.29, 0.717) is 37.2 Å². The molecule has 1 aromatic carbocycles. The lowest BCUT2D eigenvalue weighted by Gasteiger charge is -2.27. The van der Waals surface area contributed by atoms with Crippen molar-refractivity contribution in [3.63, 3.8) is 0 Å². The molecule has 5 rings (SSSR count). The molecule has 0 aliphatic carbocycles. The number of hydrogen-bond acceptors (Lipinski definition) is 5. The van der Waals surface area contributed by atoms with E-state index in [9.17, 15) is 13.2 Å². The Morgan fingerprint density at radius 2 is 1.93 bits per heavy atom. The summed E-state index contributed by atoms with van der Waals surface area (Å²) in [5.74, 6) is 0.131. The molecule has 6 nitrogen and oxygen atoms in total. The second-order valence-electron chi connectivity index (χ2n) is 7.37. The highest BCUT2D eigenvalue weighted by Gasteiger charge is 2.34. The van der Waals surface area contributed by atoms with Crippen LogP contribution in [0.2, 0.25) is 0 Å². The summed E-state index contributed by atoms with van der Waals surface area (Å²) < 4.78 is 33.9. The second-order valence-corrected chi connectivity index (χ2v) is 10.3. The maximum Gasteiger partial charge on any atom is 0.243 e. The number of nitrogens with zero attached hydrogens (tertiary/aromatic N) is 2. The van der Waals surface area contributed by atoms with Crippen LogP contribution in [0.3, 0.4) is 0 Å². The number of hydrogen-bond donors (Lipinski definition) is 0. The van der Waals surface area contributed by atoms with Crippen molar-refractivity contribution in [3.05, 3.63) is 69.8 Å². The summed E-state index contributed by atoms with van der Waals surface area (Å²) >= 11 is 1.54. The molecule has 0 atom stereocenters. The van der Waals surface area contributed by atoms with E-state index in [-0.39, 0.29) is 12.5 Å². The van der Waals surface area contributed by atoms with E-state index < -0.39 is 10.0 Å². The first-order chi connectivity index (χ1) is 14.0. The van der Waals surface area contributed by atoms with Crippen LogP contribution in [0.5, 0.6) is 0 Å². The molecule has 2 aliphatic rings. The highest BCUT2D eigenvalue weighted by atomic mass is 32.2. The van der Waals surface area contributed by atoms with Gasteiger partial charge in [0.2, 0.25) is 15.9 Å². The standard InChI is InChI=1S/C21H20N2O4S2/c24-20-4-3-16-10-19(11-17-5-7-23(20)21(16)17)29(25,26)22(12-15-6-8-27-14-15)13-18-2-1-9-28-18/h1-2,6,8-11,14H,3-5,7,12-13H2. The van der Waals surface area contributed by atoms with E-state index >= 15 is 0 Å². The first-order valence-electron chi connectivity index (χ1n) is 9.52. The van der Waals surface area contributed by atoms with Gasteiger partial charge in [-0.3, -0.25) is 4.79 Å². The topological polar surface area (TPSA) is 70.8 Å². The molecule has 0 saturated heterocycles. The molecule has 0 fully saturated rings. The van der Waals surface area contributed by atoms with Crippen molar-refractivity contribution in [2.45, 2.75) is 37.2 Å². The van der Waals surface area contributed by atoms with Gasteiger partial charge in [-0.25, -0.2) is 8.42 Å². The third-order valence-corrected chi connectivity index (χ3v) is 8.14. The molecule has 150 valence electrons. The Hall–Kier alpha value is -2.42. The average molecular weight is 429 g/mol. The SMILES string of the molecule is O=C1CCc2cc(S(=O)(=O)N(Cc3ccoc3)Cc3cccs3)cc3c2N1CC3. The predicted molar refractivity (Wildman–Crippen MR) is 110 cm³/mol. The van der Waals surface area contributed by atoms with Crippen LogP contribution in [0, 0.1) is 0 Å². The van der Waals surface area contributed by atoms with Crippen LogP contribution >= 0.6 is 11.3 Å². The third kappa shape index (κ3) is 3.31. The number of carbonyl (C=O) groups is 1. The number of furan rings is 1. The molecule has 8 heteroatoms. The van der Waals surface area contributed by atoms with Crippen molar-refractivity contribution in [2.75, 3.05) is 11.4 Å². The van der Waals surface area contributed by atoms with E-state index in [1.165, 1.54) is 15.6 Å². The van der Waals surface area contributed by atoms with Crippen LogP contribution in [-0.4, -0.2) is 25.2 Å². The van der Waals surface area contributed by atoms with Crippen LogP contribution in [0.1, 0.15) is 28.0 Å². The summed E-state index contributed by atoms with van der Waals surface area (Å²) in [6.07, 6.45) is 4.85. The summed E-state index contributed by atoms with van der Waals surface area (Å²) in [4.78, 5) is 15.3. The first-order valence-corrected chi connectivity index (χ1v) is 11.8. The number of carbonyl (C=O) groups excluding carboxylic acids is 1. The number of rotatable bonds is 6. The summed E-state index contributed by atoms with van der Waals surface area (Å²) in [5, 5.41) is 1.95. The number of thiophene rings is 1. The highest BCUT2D eigenvalue weighted by Crippen LogP contribution is 2.39. The van der Waals surface area contributed by atoms with Crippen LogP contribution in [0.15, 0.2) is 57.6 Å². The van der Waals surface area contributed by atoms with Gasteiger partial charge in [0.1, 0.15) is 0 Å². The monoisotopic (exact) mass is 428 g/mol. The molecule has 0 N–H and O–H groups in total. The lowest BCUT2D eigenvalue weighted by molar-refractivity contribution is -0.118. The van der Waals surface area contributed by atoms with Crippen molar-refractivity contribution in [2.24, 2.45) is 0 Å². The quantitative estimate of drug-likeness (QED) is 0.602. The van der Waals surface area contributed by atoms with Gasteiger partial charge in [-0.1, -0.05) is 6.07 Å². The van der Waals surface area contributed by atoms with Gasteiger partial charge in [0.05, 0.1) is 23.1 Å². The normalized spacial score (nSPS) is 15.9. The molecule has 0 saturated carbocycles. The fraction of sp³-hybridized carbons (Fsp3) is 0.286. The molecule has 3 aromatic rings. The minimum absolute atomic E-state index is 0.131. The van der Waals surface area contributed by atoms with Gasteiger partial charge in [0, 0.05) is 36.5 Å². The summed E-state index contributed by atoms with van der Waals surface area (Å²) in [7, 11) is -3.72. The Labute approximate surface area is 173 Å². The molecule has 4 heterocycles. The molecule has 0 bridgehead atoms. The summed E-state index contributed by atoms with van der Waals surface area (Å²) in [5.41, 5.74) is 3.65. The van der Waals surface area contributed by atoms with Crippen molar-refractivity contribution >= 4 is 33.0 Å². The number of amides is 1. The van der Waals surface area contributed by atoms with Crippen LogP contribution in [-0.2, 0) is 40.7 Å². The van der Waals surface area contributed by atoms with E-state index in [2.05, 4.69) is 0 Å². The smallest absolute Gasteiger partial charge is 0.243 e. The van der Waals surface area contributed by atoms with Gasteiger partial charge in [-0.15, -0.1) is 11.3 Å². The van der Waals surface area contributed by atoms with Crippen LogP contribution in [0.25, 0.3) is 0 Å². The van der Waals surface area contributed by atoms with E-state index in [4.69, 9.17) is 4.42 Å². The summed E-state index contributed by atoms with van der Waals surface area (Å²) in [6.45, 7) is 1.19. The summed E-state index contributed by atoms with van der Waals surface area (Å²) in [6, 6.07) is 9.17. The van der Waals surface area contributed by atoms with Gasteiger partial charge >= 0.3 is 0 Å². The highest BCUT2D eigenvalue weighted by molar-refractivity contribution is 7.89. The third-order valence-electron chi connectivity index (χ3n) is 5.51. The number of anilines is 1. The van der Waals surface area contributed by atoms with Crippen LogP contribution in [0.4, 0.5) is 5.69 Å². The molecular formula is C21H20N2O4S2. The van der Waals surface area contributed by atoms with Gasteiger partial charge < -0.3 is 9.32 Å². The minimum Gasteiger partial charge on any atom is -0.472 e. The Kier molecular flexibility index (Phi) is 4.57. The maximum atomic E-state index is 13.6. The Morgan fingerprint density at radius 3 is 2.66 bits per heavy atom.